The summed E-state index contributed by atoms with van der Waals surface area (Å²) in [7, 11) is 0. The van der Waals surface area contributed by atoms with Gasteiger partial charge in [-0.05, 0) is 29.5 Å². The normalized spacial score (nSPS) is 11.3. The van der Waals surface area contributed by atoms with Crippen molar-refractivity contribution in [2.45, 2.75) is 46.0 Å². The molecule has 0 aromatic heterocycles. The van der Waals surface area contributed by atoms with Crippen molar-refractivity contribution in [3.05, 3.63) is 33.8 Å². The minimum Gasteiger partial charge on any atom is -0.478 e. The topological polar surface area (TPSA) is 63.6 Å². The zero-order valence-electron chi connectivity index (χ0n) is 12.8. The molecular formula is C16H21ClO4. The van der Waals surface area contributed by atoms with E-state index in [9.17, 15) is 14.7 Å². The molecule has 0 radical (unpaired) electrons. The van der Waals surface area contributed by atoms with E-state index in [0.29, 0.717) is 10.6 Å². The van der Waals surface area contributed by atoms with Crippen LogP contribution in [0.3, 0.4) is 0 Å². The maximum Gasteiger partial charge on any atom is 0.339 e. The SMILES string of the molecule is CCCCOC(=O)c1ccc(Cl)c(C(C)(C)C)c1C(=O)O. The highest BCUT2D eigenvalue weighted by molar-refractivity contribution is 6.32. The first-order valence-corrected chi connectivity index (χ1v) is 7.31. The third-order valence-electron chi connectivity index (χ3n) is 3.07. The number of hydrogen-bond acceptors (Lipinski definition) is 3. The lowest BCUT2D eigenvalue weighted by molar-refractivity contribution is 0.0489. The van der Waals surface area contributed by atoms with Crippen LogP contribution in [0.15, 0.2) is 12.1 Å². The molecule has 0 saturated heterocycles. The molecule has 1 rings (SSSR count). The molecule has 116 valence electrons. The Morgan fingerprint density at radius 1 is 1.29 bits per heavy atom. The second kappa shape index (κ2) is 6.94. The Labute approximate surface area is 130 Å². The van der Waals surface area contributed by atoms with Crippen molar-refractivity contribution >= 4 is 23.5 Å². The number of halogens is 1. The van der Waals surface area contributed by atoms with Gasteiger partial charge in [0.15, 0.2) is 0 Å². The van der Waals surface area contributed by atoms with Crippen LogP contribution >= 0.6 is 11.6 Å². The van der Waals surface area contributed by atoms with E-state index in [1.807, 2.05) is 27.7 Å². The van der Waals surface area contributed by atoms with Crippen molar-refractivity contribution in [3.8, 4) is 0 Å². The summed E-state index contributed by atoms with van der Waals surface area (Å²) in [4.78, 5) is 23.7. The largest absolute Gasteiger partial charge is 0.478 e. The first-order valence-electron chi connectivity index (χ1n) is 6.93. The molecule has 0 spiro atoms. The smallest absolute Gasteiger partial charge is 0.339 e. The molecular weight excluding hydrogens is 292 g/mol. The zero-order chi connectivity index (χ0) is 16.2. The van der Waals surface area contributed by atoms with Crippen molar-refractivity contribution in [1.82, 2.24) is 0 Å². The monoisotopic (exact) mass is 312 g/mol. The van der Waals surface area contributed by atoms with Gasteiger partial charge in [-0.3, -0.25) is 0 Å². The van der Waals surface area contributed by atoms with Crippen LogP contribution in [0.25, 0.3) is 0 Å². The van der Waals surface area contributed by atoms with Gasteiger partial charge >= 0.3 is 11.9 Å². The quantitative estimate of drug-likeness (QED) is 0.650. The fraction of sp³-hybridized carbons (Fsp3) is 0.500. The van der Waals surface area contributed by atoms with Gasteiger partial charge in [0.05, 0.1) is 17.7 Å². The first kappa shape index (κ1) is 17.5. The molecule has 0 heterocycles. The van der Waals surface area contributed by atoms with Gasteiger partial charge in [-0.25, -0.2) is 9.59 Å². The van der Waals surface area contributed by atoms with E-state index in [2.05, 4.69) is 0 Å². The number of hydrogen-bond donors (Lipinski definition) is 1. The molecule has 0 fully saturated rings. The molecule has 5 heteroatoms. The summed E-state index contributed by atoms with van der Waals surface area (Å²) in [6.45, 7) is 7.82. The Morgan fingerprint density at radius 2 is 1.90 bits per heavy atom. The van der Waals surface area contributed by atoms with E-state index in [-0.39, 0.29) is 17.7 Å². The van der Waals surface area contributed by atoms with E-state index >= 15 is 0 Å². The van der Waals surface area contributed by atoms with Gasteiger partial charge in [-0.15, -0.1) is 0 Å². The van der Waals surface area contributed by atoms with Crippen LogP contribution in [0.2, 0.25) is 5.02 Å². The number of unbranched alkanes of at least 4 members (excludes halogenated alkanes) is 1. The van der Waals surface area contributed by atoms with E-state index in [1.54, 1.807) is 6.07 Å². The number of esters is 1. The Kier molecular flexibility index (Phi) is 5.78. The molecule has 0 saturated carbocycles. The summed E-state index contributed by atoms with van der Waals surface area (Å²) in [5.74, 6) is -1.80. The van der Waals surface area contributed by atoms with Crippen molar-refractivity contribution in [2.75, 3.05) is 6.61 Å². The van der Waals surface area contributed by atoms with E-state index in [0.717, 1.165) is 12.8 Å². The lowest BCUT2D eigenvalue weighted by Crippen LogP contribution is -2.22. The van der Waals surface area contributed by atoms with Gasteiger partial charge < -0.3 is 9.84 Å². The molecule has 1 N–H and O–H groups in total. The number of carboxylic acid groups (broad SMARTS) is 1. The van der Waals surface area contributed by atoms with Gasteiger partial charge in [-0.1, -0.05) is 45.7 Å². The summed E-state index contributed by atoms with van der Waals surface area (Å²) in [5.41, 5.74) is -0.0733. The number of aromatic carboxylic acids is 1. The third kappa shape index (κ3) is 4.21. The van der Waals surface area contributed by atoms with Crippen molar-refractivity contribution in [1.29, 1.82) is 0 Å². The fourth-order valence-corrected chi connectivity index (χ4v) is 2.53. The van der Waals surface area contributed by atoms with Crippen LogP contribution in [0, 0.1) is 0 Å². The van der Waals surface area contributed by atoms with Gasteiger partial charge in [0.2, 0.25) is 0 Å². The lowest BCUT2D eigenvalue weighted by Gasteiger charge is -2.24. The van der Waals surface area contributed by atoms with Gasteiger partial charge in [0, 0.05) is 5.02 Å². The van der Waals surface area contributed by atoms with Crippen LogP contribution in [-0.2, 0) is 10.2 Å². The lowest BCUT2D eigenvalue weighted by atomic mass is 9.82. The van der Waals surface area contributed by atoms with E-state index in [4.69, 9.17) is 16.3 Å². The summed E-state index contributed by atoms with van der Waals surface area (Å²) < 4.78 is 5.12. The molecule has 0 amide bonds. The summed E-state index contributed by atoms with van der Waals surface area (Å²) in [6.07, 6.45) is 1.64. The second-order valence-corrected chi connectivity index (χ2v) is 6.30. The maximum absolute atomic E-state index is 12.1. The average molecular weight is 313 g/mol. The molecule has 0 aliphatic heterocycles. The molecule has 0 aliphatic rings. The predicted molar refractivity (Wildman–Crippen MR) is 82.3 cm³/mol. The standard InChI is InChI=1S/C16H21ClO4/c1-5-6-9-21-15(20)10-7-8-11(17)13(16(2,3)4)12(10)14(18)19/h7-8H,5-6,9H2,1-4H3,(H,18,19). The van der Waals surface area contributed by atoms with Gasteiger partial charge in [0.25, 0.3) is 0 Å². The zero-order valence-corrected chi connectivity index (χ0v) is 13.6. The van der Waals surface area contributed by atoms with Crippen LogP contribution in [-0.4, -0.2) is 23.7 Å². The highest BCUT2D eigenvalue weighted by Gasteiger charge is 2.29. The Morgan fingerprint density at radius 3 is 2.38 bits per heavy atom. The Hall–Kier alpha value is -1.55. The van der Waals surface area contributed by atoms with Crippen LogP contribution in [0.5, 0.6) is 0 Å². The molecule has 0 unspecified atom stereocenters. The molecule has 0 atom stereocenters. The first-order chi connectivity index (χ1) is 9.70. The third-order valence-corrected chi connectivity index (χ3v) is 3.38. The number of carbonyl (C=O) groups excluding carboxylic acids is 1. The Balaban J connectivity index is 3.34. The van der Waals surface area contributed by atoms with Gasteiger partial charge in [0.1, 0.15) is 0 Å². The van der Waals surface area contributed by atoms with Crippen LogP contribution in [0.4, 0.5) is 0 Å². The van der Waals surface area contributed by atoms with Gasteiger partial charge in [-0.2, -0.15) is 0 Å². The number of rotatable bonds is 5. The minimum absolute atomic E-state index is 0.0490. The summed E-state index contributed by atoms with van der Waals surface area (Å²) >= 11 is 6.15. The summed E-state index contributed by atoms with van der Waals surface area (Å²) in [6, 6.07) is 2.96. The molecule has 1 aromatic rings. The highest BCUT2D eigenvalue weighted by atomic mass is 35.5. The molecule has 0 aliphatic carbocycles. The molecule has 4 nitrogen and oxygen atoms in total. The predicted octanol–water partition coefficient (Wildman–Crippen LogP) is 4.29. The van der Waals surface area contributed by atoms with Crippen molar-refractivity contribution < 1.29 is 19.4 Å². The second-order valence-electron chi connectivity index (χ2n) is 5.89. The van der Waals surface area contributed by atoms with Crippen LogP contribution < -0.4 is 0 Å². The van der Waals surface area contributed by atoms with Crippen molar-refractivity contribution in [3.63, 3.8) is 0 Å². The molecule has 1 aromatic carbocycles. The van der Waals surface area contributed by atoms with Crippen molar-refractivity contribution in [2.24, 2.45) is 0 Å². The minimum atomic E-state index is -1.18. The number of ether oxygens (including phenoxy) is 1. The molecule has 0 bridgehead atoms. The highest BCUT2D eigenvalue weighted by Crippen LogP contribution is 2.34. The maximum atomic E-state index is 12.1. The van der Waals surface area contributed by atoms with E-state index < -0.39 is 17.4 Å². The fourth-order valence-electron chi connectivity index (χ4n) is 2.09. The Bertz CT molecular complexity index is 544. The number of carbonyl (C=O) groups is 2. The number of carboxylic acids is 1. The number of benzene rings is 1. The van der Waals surface area contributed by atoms with Crippen LogP contribution in [0.1, 0.15) is 66.8 Å². The average Bonchev–Trinajstić information content (AvgIpc) is 2.36. The summed E-state index contributed by atoms with van der Waals surface area (Å²) in [5, 5.41) is 9.83. The molecule has 21 heavy (non-hydrogen) atoms. The van der Waals surface area contributed by atoms with E-state index in [1.165, 1.54) is 6.07 Å².